The van der Waals surface area contributed by atoms with Gasteiger partial charge in [-0.2, -0.15) is 5.10 Å². The number of rotatable bonds is 5. The predicted molar refractivity (Wildman–Crippen MR) is 92.5 cm³/mol. The maximum Gasteiger partial charge on any atom is 0.169 e. The molecule has 1 saturated heterocycles. The molecule has 0 amide bonds. The van der Waals surface area contributed by atoms with Gasteiger partial charge in [0.05, 0.1) is 12.2 Å². The normalized spacial score (nSPS) is 17.9. The van der Waals surface area contributed by atoms with Gasteiger partial charge in [0.1, 0.15) is 5.76 Å². The number of nitrogens with one attached hydrogen (secondary N) is 1. The maximum absolute atomic E-state index is 5.49. The number of fused-ring (bicyclic) bond motifs is 1. The van der Waals surface area contributed by atoms with Crippen LogP contribution in [0.5, 0.6) is 0 Å². The summed E-state index contributed by atoms with van der Waals surface area (Å²) in [6.45, 7) is 3.90. The van der Waals surface area contributed by atoms with E-state index in [1.165, 1.54) is 24.1 Å². The molecule has 0 unspecified atom stereocenters. The van der Waals surface area contributed by atoms with Gasteiger partial charge < -0.3 is 14.6 Å². The monoisotopic (exact) mass is 376 g/mol. The highest BCUT2D eigenvalue weighted by atomic mass is 79.9. The van der Waals surface area contributed by atoms with Gasteiger partial charge in [-0.25, -0.2) is 0 Å². The molecule has 1 N–H and O–H groups in total. The van der Waals surface area contributed by atoms with Gasteiger partial charge in [0.2, 0.25) is 0 Å². The third-order valence-corrected chi connectivity index (χ3v) is 5.13. The molecule has 0 radical (unpaired) electrons. The first kappa shape index (κ1) is 15.1. The third-order valence-electron chi connectivity index (χ3n) is 4.70. The molecule has 23 heavy (non-hydrogen) atoms. The van der Waals surface area contributed by atoms with Crippen molar-refractivity contribution in [2.45, 2.75) is 32.2 Å². The van der Waals surface area contributed by atoms with Crippen molar-refractivity contribution in [2.75, 3.05) is 24.5 Å². The molecule has 0 saturated carbocycles. The Kier molecular flexibility index (Phi) is 4.35. The van der Waals surface area contributed by atoms with Crippen molar-refractivity contribution in [1.29, 1.82) is 0 Å². The molecule has 2 aromatic heterocycles. The SMILES string of the molecule is Brc1ccc(CNCC2CN(c3cc4c(nn3)CCCC4)C2)o1. The van der Waals surface area contributed by atoms with E-state index in [9.17, 15) is 0 Å². The molecule has 2 aromatic rings. The number of aryl methyl sites for hydroxylation is 2. The number of furan rings is 1. The maximum atomic E-state index is 5.49. The summed E-state index contributed by atoms with van der Waals surface area (Å²) < 4.78 is 6.27. The molecule has 1 aliphatic heterocycles. The molecule has 5 nitrogen and oxygen atoms in total. The molecule has 1 aliphatic carbocycles. The van der Waals surface area contributed by atoms with E-state index in [0.717, 1.165) is 55.3 Å². The minimum Gasteiger partial charge on any atom is -0.453 e. The summed E-state index contributed by atoms with van der Waals surface area (Å²) in [6, 6.07) is 6.18. The Hall–Kier alpha value is -1.40. The average molecular weight is 377 g/mol. The lowest BCUT2D eigenvalue weighted by Gasteiger charge is -2.40. The molecule has 0 spiro atoms. The molecular weight excluding hydrogens is 356 g/mol. The van der Waals surface area contributed by atoms with Crippen molar-refractivity contribution in [3.05, 3.63) is 39.9 Å². The standard InChI is InChI=1S/C17H21BrN4O/c18-16-6-5-14(23-16)9-19-8-12-10-22(11-12)17-7-13-3-1-2-4-15(13)20-21-17/h5-7,12,19H,1-4,8-11H2. The van der Waals surface area contributed by atoms with Crippen LogP contribution < -0.4 is 10.2 Å². The summed E-state index contributed by atoms with van der Waals surface area (Å²) in [5.41, 5.74) is 2.62. The molecule has 3 heterocycles. The van der Waals surface area contributed by atoms with E-state index in [0.29, 0.717) is 5.92 Å². The summed E-state index contributed by atoms with van der Waals surface area (Å²) >= 11 is 3.32. The summed E-state index contributed by atoms with van der Waals surface area (Å²) in [5.74, 6) is 2.69. The summed E-state index contributed by atoms with van der Waals surface area (Å²) in [6.07, 6.45) is 4.80. The molecule has 0 bridgehead atoms. The van der Waals surface area contributed by atoms with Crippen LogP contribution in [0, 0.1) is 5.92 Å². The van der Waals surface area contributed by atoms with Gasteiger partial charge in [0.25, 0.3) is 0 Å². The van der Waals surface area contributed by atoms with Crippen molar-refractivity contribution in [3.63, 3.8) is 0 Å². The second-order valence-electron chi connectivity index (χ2n) is 6.49. The van der Waals surface area contributed by atoms with Gasteiger partial charge in [-0.1, -0.05) is 0 Å². The van der Waals surface area contributed by atoms with E-state index in [-0.39, 0.29) is 0 Å². The fraction of sp³-hybridized carbons (Fsp3) is 0.529. The Morgan fingerprint density at radius 2 is 2.09 bits per heavy atom. The van der Waals surface area contributed by atoms with Crippen LogP contribution in [0.1, 0.15) is 29.9 Å². The molecule has 1 fully saturated rings. The Morgan fingerprint density at radius 1 is 1.22 bits per heavy atom. The van der Waals surface area contributed by atoms with Gasteiger partial charge >= 0.3 is 0 Å². The smallest absolute Gasteiger partial charge is 0.169 e. The summed E-state index contributed by atoms with van der Waals surface area (Å²) in [4.78, 5) is 2.33. The summed E-state index contributed by atoms with van der Waals surface area (Å²) in [7, 11) is 0. The Balaban J connectivity index is 1.25. The van der Waals surface area contributed by atoms with Crippen LogP contribution in [0.2, 0.25) is 0 Å². The lowest BCUT2D eigenvalue weighted by Crippen LogP contribution is -2.51. The first-order valence-electron chi connectivity index (χ1n) is 8.33. The number of hydrogen-bond donors (Lipinski definition) is 1. The van der Waals surface area contributed by atoms with Crippen LogP contribution in [0.25, 0.3) is 0 Å². The number of aromatic nitrogens is 2. The van der Waals surface area contributed by atoms with Crippen LogP contribution >= 0.6 is 15.9 Å². The topological polar surface area (TPSA) is 54.2 Å². The van der Waals surface area contributed by atoms with Gasteiger partial charge in [-0.15, -0.1) is 5.10 Å². The number of nitrogens with zero attached hydrogens (tertiary/aromatic N) is 3. The summed E-state index contributed by atoms with van der Waals surface area (Å²) in [5, 5.41) is 12.3. The largest absolute Gasteiger partial charge is 0.453 e. The van der Waals surface area contributed by atoms with E-state index < -0.39 is 0 Å². The zero-order valence-electron chi connectivity index (χ0n) is 13.1. The van der Waals surface area contributed by atoms with E-state index >= 15 is 0 Å². The number of anilines is 1. The Bertz CT molecular complexity index is 681. The highest BCUT2D eigenvalue weighted by molar-refractivity contribution is 9.10. The third kappa shape index (κ3) is 3.43. The molecule has 6 heteroatoms. The minimum absolute atomic E-state index is 0.672. The van der Waals surface area contributed by atoms with Crippen molar-refractivity contribution < 1.29 is 4.42 Å². The van der Waals surface area contributed by atoms with Crippen molar-refractivity contribution >= 4 is 21.7 Å². The van der Waals surface area contributed by atoms with E-state index in [1.54, 1.807) is 0 Å². The average Bonchev–Trinajstić information content (AvgIpc) is 2.94. The van der Waals surface area contributed by atoms with Gasteiger partial charge in [-0.3, -0.25) is 0 Å². The van der Waals surface area contributed by atoms with E-state index in [2.05, 4.69) is 42.4 Å². The molecule has 0 atom stereocenters. The second kappa shape index (κ2) is 6.61. The van der Waals surface area contributed by atoms with Gasteiger partial charge in [0.15, 0.2) is 10.5 Å². The van der Waals surface area contributed by atoms with Gasteiger partial charge in [0, 0.05) is 25.6 Å². The van der Waals surface area contributed by atoms with Crippen molar-refractivity contribution in [3.8, 4) is 0 Å². The molecule has 0 aromatic carbocycles. The fourth-order valence-electron chi connectivity index (χ4n) is 3.37. The van der Waals surface area contributed by atoms with Crippen LogP contribution in [-0.4, -0.2) is 29.8 Å². The molecule has 4 rings (SSSR count). The van der Waals surface area contributed by atoms with E-state index in [1.807, 2.05) is 12.1 Å². The molecular formula is C17H21BrN4O. The quantitative estimate of drug-likeness (QED) is 0.869. The number of halogens is 1. The first-order valence-corrected chi connectivity index (χ1v) is 9.12. The zero-order chi connectivity index (χ0) is 15.6. The minimum atomic E-state index is 0.672. The second-order valence-corrected chi connectivity index (χ2v) is 7.27. The van der Waals surface area contributed by atoms with Crippen LogP contribution in [-0.2, 0) is 19.4 Å². The highest BCUT2D eigenvalue weighted by Gasteiger charge is 2.28. The highest BCUT2D eigenvalue weighted by Crippen LogP contribution is 2.26. The molecule has 2 aliphatic rings. The predicted octanol–water partition coefficient (Wildman–Crippen LogP) is 2.94. The van der Waals surface area contributed by atoms with Crippen molar-refractivity contribution in [2.24, 2.45) is 5.92 Å². The van der Waals surface area contributed by atoms with Crippen LogP contribution in [0.15, 0.2) is 27.3 Å². The molecule has 122 valence electrons. The van der Waals surface area contributed by atoms with Crippen LogP contribution in [0.3, 0.4) is 0 Å². The lowest BCUT2D eigenvalue weighted by atomic mass is 9.95. The van der Waals surface area contributed by atoms with Crippen molar-refractivity contribution in [1.82, 2.24) is 15.5 Å². The van der Waals surface area contributed by atoms with E-state index in [4.69, 9.17) is 4.42 Å². The first-order chi connectivity index (χ1) is 11.3. The van der Waals surface area contributed by atoms with Crippen LogP contribution in [0.4, 0.5) is 5.82 Å². The van der Waals surface area contributed by atoms with Gasteiger partial charge in [-0.05, 0) is 65.4 Å². The number of hydrogen-bond acceptors (Lipinski definition) is 5. The fourth-order valence-corrected chi connectivity index (χ4v) is 3.71. The lowest BCUT2D eigenvalue weighted by molar-refractivity contribution is 0.369. The zero-order valence-corrected chi connectivity index (χ0v) is 14.7. The Morgan fingerprint density at radius 3 is 2.91 bits per heavy atom. The Labute approximate surface area is 144 Å².